The molecule has 1 fully saturated rings. The Bertz CT molecular complexity index is 744. The highest BCUT2D eigenvalue weighted by Crippen LogP contribution is 2.33. The molecule has 22 heavy (non-hydrogen) atoms. The van der Waals surface area contributed by atoms with Gasteiger partial charge in [0.15, 0.2) is 17.7 Å². The molecule has 3 rings (SSSR count). The number of rotatable bonds is 3. The molecule has 3 heterocycles. The third-order valence-electron chi connectivity index (χ3n) is 3.49. The third-order valence-corrected chi connectivity index (χ3v) is 4.15. The molecule has 1 saturated heterocycles. The van der Waals surface area contributed by atoms with Gasteiger partial charge in [0, 0.05) is 5.75 Å². The van der Waals surface area contributed by atoms with E-state index >= 15 is 0 Å². The van der Waals surface area contributed by atoms with Gasteiger partial charge >= 0.3 is 0 Å². The van der Waals surface area contributed by atoms with E-state index < -0.39 is 24.5 Å². The number of nitriles is 1. The molecular weight excluding hydrogens is 308 g/mol. The molecule has 1 aliphatic rings. The predicted octanol–water partition coefficient (Wildman–Crippen LogP) is -0.738. The van der Waals surface area contributed by atoms with Gasteiger partial charge in [0.2, 0.25) is 5.82 Å². The first-order valence-electron chi connectivity index (χ1n) is 6.47. The minimum absolute atomic E-state index is 0.0778. The largest absolute Gasteiger partial charge is 0.387 e. The summed E-state index contributed by atoms with van der Waals surface area (Å²) in [5, 5.41) is 29.2. The van der Waals surface area contributed by atoms with E-state index in [1.807, 2.05) is 12.3 Å². The zero-order valence-electron chi connectivity index (χ0n) is 11.6. The van der Waals surface area contributed by atoms with Crippen molar-refractivity contribution in [1.82, 2.24) is 19.5 Å². The summed E-state index contributed by atoms with van der Waals surface area (Å²) < 4.78 is 7.17. The number of nitrogens with two attached hydrogens (primary N) is 1. The summed E-state index contributed by atoms with van der Waals surface area (Å²) in [6.45, 7) is 0. The molecule has 4 atom stereocenters. The molecule has 0 bridgehead atoms. The first-order chi connectivity index (χ1) is 10.6. The van der Waals surface area contributed by atoms with Gasteiger partial charge in [0.05, 0.1) is 12.4 Å². The molecule has 0 unspecified atom stereocenters. The number of nitrogen functional groups attached to an aromatic ring is 1. The molecule has 9 nitrogen and oxygen atoms in total. The summed E-state index contributed by atoms with van der Waals surface area (Å²) in [5.74, 6) is 0.525. The van der Waals surface area contributed by atoms with Crippen LogP contribution in [0.4, 0.5) is 5.82 Å². The normalized spacial score (nSPS) is 28.1. The lowest BCUT2D eigenvalue weighted by atomic mass is 10.1. The summed E-state index contributed by atoms with van der Waals surface area (Å²) in [7, 11) is 0. The number of nitrogens with zero attached hydrogens (tertiary/aromatic N) is 5. The molecular formula is C12H14N6O3S. The van der Waals surface area contributed by atoms with Crippen molar-refractivity contribution >= 4 is 28.7 Å². The van der Waals surface area contributed by atoms with Crippen LogP contribution in [-0.2, 0) is 4.74 Å². The lowest BCUT2D eigenvalue weighted by Crippen LogP contribution is -2.32. The highest BCUT2D eigenvalue weighted by Gasteiger charge is 2.44. The first-order valence-corrected chi connectivity index (χ1v) is 7.87. The second kappa shape index (κ2) is 5.69. The summed E-state index contributed by atoms with van der Waals surface area (Å²) >= 11 is 1.51. The van der Waals surface area contributed by atoms with Crippen LogP contribution in [0.3, 0.4) is 0 Å². The Labute approximate surface area is 129 Å². The van der Waals surface area contributed by atoms with E-state index in [1.54, 1.807) is 0 Å². The number of hydrogen-bond donors (Lipinski definition) is 3. The maximum absolute atomic E-state index is 10.2. The van der Waals surface area contributed by atoms with Crippen LogP contribution in [-0.4, -0.2) is 60.1 Å². The van der Waals surface area contributed by atoms with Crippen molar-refractivity contribution in [3.63, 3.8) is 0 Å². The van der Waals surface area contributed by atoms with Crippen LogP contribution in [0.5, 0.6) is 0 Å². The number of imidazole rings is 1. The average Bonchev–Trinajstić information content (AvgIpc) is 3.04. The lowest BCUT2D eigenvalue weighted by molar-refractivity contribution is -0.0288. The highest BCUT2D eigenvalue weighted by atomic mass is 32.2. The Balaban J connectivity index is 2.04. The second-order valence-electron chi connectivity index (χ2n) is 4.87. The van der Waals surface area contributed by atoms with Crippen molar-refractivity contribution in [2.24, 2.45) is 0 Å². The molecule has 4 N–H and O–H groups in total. The molecule has 2 aromatic heterocycles. The number of thioether (sulfide) groups is 1. The van der Waals surface area contributed by atoms with E-state index in [0.717, 1.165) is 0 Å². The minimum Gasteiger partial charge on any atom is -0.387 e. The lowest BCUT2D eigenvalue weighted by Gasteiger charge is -2.16. The van der Waals surface area contributed by atoms with Crippen molar-refractivity contribution in [2.45, 2.75) is 24.5 Å². The average molecular weight is 322 g/mol. The van der Waals surface area contributed by atoms with Gasteiger partial charge in [-0.05, 0) is 6.26 Å². The highest BCUT2D eigenvalue weighted by molar-refractivity contribution is 7.98. The van der Waals surface area contributed by atoms with Crippen molar-refractivity contribution < 1.29 is 14.9 Å². The van der Waals surface area contributed by atoms with Gasteiger partial charge in [-0.25, -0.2) is 4.98 Å². The number of hydrogen-bond acceptors (Lipinski definition) is 9. The number of aliphatic hydroxyl groups is 2. The maximum Gasteiger partial charge on any atom is 0.236 e. The third kappa shape index (κ3) is 2.28. The molecule has 2 aromatic rings. The maximum atomic E-state index is 10.2. The van der Waals surface area contributed by atoms with Gasteiger partial charge in [-0.1, -0.05) is 0 Å². The fraction of sp³-hybridized carbons (Fsp3) is 0.500. The van der Waals surface area contributed by atoms with Crippen LogP contribution in [0.15, 0.2) is 6.33 Å². The Morgan fingerprint density at radius 3 is 2.91 bits per heavy atom. The topological polar surface area (TPSA) is 143 Å². The van der Waals surface area contributed by atoms with Gasteiger partial charge in [-0.2, -0.15) is 27.0 Å². The molecule has 10 heteroatoms. The van der Waals surface area contributed by atoms with Crippen LogP contribution >= 0.6 is 11.8 Å². The van der Waals surface area contributed by atoms with E-state index in [1.165, 1.54) is 22.7 Å². The van der Waals surface area contributed by atoms with E-state index in [0.29, 0.717) is 11.3 Å². The van der Waals surface area contributed by atoms with Gasteiger partial charge in [0.25, 0.3) is 0 Å². The molecule has 116 valence electrons. The van der Waals surface area contributed by atoms with Crippen molar-refractivity contribution in [3.8, 4) is 6.07 Å². The first kappa shape index (κ1) is 15.0. The minimum atomic E-state index is -1.13. The number of ether oxygens (including phenoxy) is 1. The zero-order chi connectivity index (χ0) is 15.9. The number of aliphatic hydroxyl groups excluding tert-OH is 2. The van der Waals surface area contributed by atoms with E-state index in [4.69, 9.17) is 15.7 Å². The van der Waals surface area contributed by atoms with Crippen LogP contribution in [0, 0.1) is 11.3 Å². The summed E-state index contributed by atoms with van der Waals surface area (Å²) in [6, 6.07) is 1.82. The monoisotopic (exact) mass is 322 g/mol. The van der Waals surface area contributed by atoms with Crippen LogP contribution in [0.1, 0.15) is 12.1 Å². The molecule has 0 radical (unpaired) electrons. The SMILES string of the molecule is CSC[C@H]1O[C@@H](n2cnc3c(N)nc(C#N)nc32)[C@H](O)[C@@H]1O. The molecule has 1 aliphatic heterocycles. The van der Waals surface area contributed by atoms with Gasteiger partial charge in [0.1, 0.15) is 23.8 Å². The Morgan fingerprint density at radius 1 is 1.45 bits per heavy atom. The van der Waals surface area contributed by atoms with Crippen LogP contribution in [0.2, 0.25) is 0 Å². The summed E-state index contributed by atoms with van der Waals surface area (Å²) in [6.07, 6.45) is -0.199. The molecule has 0 aromatic carbocycles. The van der Waals surface area contributed by atoms with Crippen molar-refractivity contribution in [2.75, 3.05) is 17.7 Å². The second-order valence-corrected chi connectivity index (χ2v) is 5.78. The molecule has 0 amide bonds. The molecule has 0 saturated carbocycles. The van der Waals surface area contributed by atoms with Crippen LogP contribution in [0.25, 0.3) is 11.2 Å². The Morgan fingerprint density at radius 2 is 2.23 bits per heavy atom. The fourth-order valence-corrected chi connectivity index (χ4v) is 3.04. The number of fused-ring (bicyclic) bond motifs is 1. The Hall–Kier alpha value is -1.93. The van der Waals surface area contributed by atoms with Gasteiger partial charge in [-0.3, -0.25) is 4.57 Å². The summed E-state index contributed by atoms with van der Waals surface area (Å²) in [5.41, 5.74) is 6.35. The quantitative estimate of drug-likeness (QED) is 0.665. The van der Waals surface area contributed by atoms with Gasteiger partial charge < -0.3 is 20.7 Å². The van der Waals surface area contributed by atoms with Crippen LogP contribution < -0.4 is 5.73 Å². The summed E-state index contributed by atoms with van der Waals surface area (Å²) in [4.78, 5) is 12.0. The van der Waals surface area contributed by atoms with Gasteiger partial charge in [-0.15, -0.1) is 0 Å². The fourth-order valence-electron chi connectivity index (χ4n) is 2.44. The van der Waals surface area contributed by atoms with Crippen molar-refractivity contribution in [3.05, 3.63) is 12.2 Å². The van der Waals surface area contributed by atoms with E-state index in [9.17, 15) is 10.2 Å². The Kier molecular flexibility index (Phi) is 3.88. The molecule has 0 aliphatic carbocycles. The predicted molar refractivity (Wildman–Crippen MR) is 78.8 cm³/mol. The standard InChI is InChI=1S/C12H14N6O3S/c1-22-3-5-8(19)9(20)12(21-5)18-4-15-7-10(14)16-6(2-13)17-11(7)18/h4-5,8-9,12,19-20H,3H2,1H3,(H2,14,16,17)/t5-,8-,9-,12-/m1/s1. The number of aromatic nitrogens is 4. The van der Waals surface area contributed by atoms with Crippen molar-refractivity contribution in [1.29, 1.82) is 5.26 Å². The molecule has 0 spiro atoms. The van der Waals surface area contributed by atoms with E-state index in [-0.39, 0.29) is 17.3 Å². The zero-order valence-corrected chi connectivity index (χ0v) is 12.4. The smallest absolute Gasteiger partial charge is 0.236 e. The number of anilines is 1. The van der Waals surface area contributed by atoms with E-state index in [2.05, 4.69) is 15.0 Å².